The maximum Gasteiger partial charge on any atom is 0.251 e. The molecule has 2 aromatic carbocycles. The van der Waals surface area contributed by atoms with Gasteiger partial charge in [-0.2, -0.15) is 0 Å². The molecule has 0 spiro atoms. The first-order valence-corrected chi connectivity index (χ1v) is 9.91. The number of sulfonamides is 1. The summed E-state index contributed by atoms with van der Waals surface area (Å²) in [6.45, 7) is 1.95. The van der Waals surface area contributed by atoms with E-state index in [1.807, 2.05) is 19.1 Å². The molecule has 1 amide bonds. The average Bonchev–Trinajstić information content (AvgIpc) is 2.71. The van der Waals surface area contributed by atoms with Crippen molar-refractivity contribution >= 4 is 15.9 Å². The molecule has 0 aliphatic rings. The van der Waals surface area contributed by atoms with Crippen molar-refractivity contribution in [3.63, 3.8) is 0 Å². The lowest BCUT2D eigenvalue weighted by Crippen LogP contribution is -2.28. The highest BCUT2D eigenvalue weighted by atomic mass is 32.2. The van der Waals surface area contributed by atoms with Crippen molar-refractivity contribution in [1.29, 1.82) is 0 Å². The van der Waals surface area contributed by atoms with Crippen molar-refractivity contribution < 1.29 is 22.7 Å². The number of carbonyl (C=O) groups excluding carboxylic acids is 1. The molecule has 0 radical (unpaired) electrons. The van der Waals surface area contributed by atoms with Gasteiger partial charge in [-0.15, -0.1) is 0 Å². The molecular weight excluding hydrogens is 368 g/mol. The van der Waals surface area contributed by atoms with Crippen molar-refractivity contribution in [2.24, 2.45) is 0 Å². The summed E-state index contributed by atoms with van der Waals surface area (Å²) >= 11 is 0. The maximum atomic E-state index is 12.7. The van der Waals surface area contributed by atoms with E-state index < -0.39 is 10.0 Å². The molecule has 27 heavy (non-hydrogen) atoms. The Morgan fingerprint density at radius 1 is 1.07 bits per heavy atom. The average molecular weight is 392 g/mol. The highest BCUT2D eigenvalue weighted by molar-refractivity contribution is 7.89. The number of nitrogens with one attached hydrogen (secondary N) is 2. The van der Waals surface area contributed by atoms with Crippen molar-refractivity contribution in [3.05, 3.63) is 53.6 Å². The van der Waals surface area contributed by atoms with E-state index in [1.165, 1.54) is 25.2 Å². The summed E-state index contributed by atoms with van der Waals surface area (Å²) in [7, 11) is 0.817. The largest absolute Gasteiger partial charge is 0.493 e. The quantitative estimate of drug-likeness (QED) is 0.720. The second-order valence-corrected chi connectivity index (χ2v) is 7.67. The van der Waals surface area contributed by atoms with Crippen LogP contribution < -0.4 is 19.5 Å². The van der Waals surface area contributed by atoms with Crippen LogP contribution >= 0.6 is 0 Å². The van der Waals surface area contributed by atoms with Gasteiger partial charge in [-0.1, -0.05) is 19.1 Å². The summed E-state index contributed by atoms with van der Waals surface area (Å²) in [5, 5.41) is 2.93. The van der Waals surface area contributed by atoms with Gasteiger partial charge in [0.25, 0.3) is 5.91 Å². The van der Waals surface area contributed by atoms with E-state index in [2.05, 4.69) is 10.0 Å². The van der Waals surface area contributed by atoms with Crippen LogP contribution in [0.15, 0.2) is 47.4 Å². The molecule has 7 nitrogen and oxygen atoms in total. The summed E-state index contributed by atoms with van der Waals surface area (Å²) in [5.41, 5.74) is 1.13. The molecule has 2 aromatic rings. The minimum absolute atomic E-state index is 0.0387. The number of hydrogen-bond acceptors (Lipinski definition) is 5. The minimum Gasteiger partial charge on any atom is -0.493 e. The lowest BCUT2D eigenvalue weighted by Gasteiger charge is -2.19. The van der Waals surface area contributed by atoms with Crippen LogP contribution in [0.5, 0.6) is 11.5 Å². The summed E-state index contributed by atoms with van der Waals surface area (Å²) < 4.78 is 36.7. The Hall–Kier alpha value is -2.58. The Labute approximate surface area is 159 Å². The smallest absolute Gasteiger partial charge is 0.251 e. The first kappa shape index (κ1) is 20.7. The predicted molar refractivity (Wildman–Crippen MR) is 103 cm³/mol. The fourth-order valence-corrected chi connectivity index (χ4v) is 3.43. The molecule has 0 saturated carbocycles. The highest BCUT2D eigenvalue weighted by Crippen LogP contribution is 2.31. The van der Waals surface area contributed by atoms with E-state index in [0.29, 0.717) is 17.9 Å². The fourth-order valence-electron chi connectivity index (χ4n) is 2.65. The van der Waals surface area contributed by atoms with Crippen LogP contribution in [-0.4, -0.2) is 35.6 Å². The number of rotatable bonds is 8. The van der Waals surface area contributed by atoms with Crippen LogP contribution in [0.1, 0.15) is 35.3 Å². The Bertz CT molecular complexity index is 912. The van der Waals surface area contributed by atoms with Gasteiger partial charge in [-0.3, -0.25) is 4.79 Å². The molecule has 0 heterocycles. The third kappa shape index (κ3) is 4.78. The molecule has 0 bridgehead atoms. The van der Waals surface area contributed by atoms with Gasteiger partial charge < -0.3 is 14.8 Å². The number of amides is 1. The third-order valence-corrected chi connectivity index (χ3v) is 5.61. The van der Waals surface area contributed by atoms with Gasteiger partial charge in [0.2, 0.25) is 10.0 Å². The predicted octanol–water partition coefficient (Wildman–Crippen LogP) is 2.49. The number of carbonyl (C=O) groups is 1. The summed E-state index contributed by atoms with van der Waals surface area (Å²) in [5.74, 6) is 0.821. The molecule has 0 aromatic heterocycles. The SMILES string of the molecule is CC[C@H](NC(=O)c1cccc(S(=O)(=O)NC)c1)c1ccc(OC)c(OC)c1. The zero-order chi connectivity index (χ0) is 20.0. The van der Waals surface area contributed by atoms with Crippen LogP contribution in [0, 0.1) is 0 Å². The molecule has 0 unspecified atom stereocenters. The molecule has 2 N–H and O–H groups in total. The highest BCUT2D eigenvalue weighted by Gasteiger charge is 2.18. The lowest BCUT2D eigenvalue weighted by molar-refractivity contribution is 0.0935. The zero-order valence-corrected chi connectivity index (χ0v) is 16.6. The first-order chi connectivity index (χ1) is 12.9. The van der Waals surface area contributed by atoms with E-state index in [4.69, 9.17) is 9.47 Å². The normalized spacial score (nSPS) is 12.3. The number of ether oxygens (including phenoxy) is 2. The Kier molecular flexibility index (Phi) is 6.81. The zero-order valence-electron chi connectivity index (χ0n) is 15.8. The number of methoxy groups -OCH3 is 2. The Morgan fingerprint density at radius 3 is 2.37 bits per heavy atom. The summed E-state index contributed by atoms with van der Waals surface area (Å²) in [6.07, 6.45) is 0.649. The summed E-state index contributed by atoms with van der Waals surface area (Å²) in [4.78, 5) is 12.7. The number of hydrogen-bond donors (Lipinski definition) is 2. The standard InChI is InChI=1S/C19H24N2O5S/c1-5-16(13-9-10-17(25-3)18(12-13)26-4)21-19(22)14-7-6-8-15(11-14)27(23,24)20-2/h6-12,16,20H,5H2,1-4H3,(H,21,22)/t16-/m0/s1. The van der Waals surface area contributed by atoms with Gasteiger partial charge in [0, 0.05) is 5.56 Å². The van der Waals surface area contributed by atoms with Gasteiger partial charge in [0.1, 0.15) is 0 Å². The van der Waals surface area contributed by atoms with Gasteiger partial charge in [-0.25, -0.2) is 13.1 Å². The monoisotopic (exact) mass is 392 g/mol. The molecular formula is C19H24N2O5S. The molecule has 2 rings (SSSR count). The second kappa shape index (κ2) is 8.88. The van der Waals surface area contributed by atoms with Crippen molar-refractivity contribution in [3.8, 4) is 11.5 Å². The molecule has 0 aliphatic heterocycles. The molecule has 146 valence electrons. The number of benzene rings is 2. The van der Waals surface area contributed by atoms with Crippen LogP contribution in [0.25, 0.3) is 0 Å². The van der Waals surface area contributed by atoms with Crippen molar-refractivity contribution in [1.82, 2.24) is 10.0 Å². The lowest BCUT2D eigenvalue weighted by atomic mass is 10.0. The van der Waals surface area contributed by atoms with Crippen molar-refractivity contribution in [2.75, 3.05) is 21.3 Å². The molecule has 0 saturated heterocycles. The molecule has 1 atom stereocenters. The fraction of sp³-hybridized carbons (Fsp3) is 0.316. The topological polar surface area (TPSA) is 93.7 Å². The van der Waals surface area contributed by atoms with Gasteiger partial charge >= 0.3 is 0 Å². The van der Waals surface area contributed by atoms with Crippen LogP contribution in [-0.2, 0) is 10.0 Å². The molecule has 0 aliphatic carbocycles. The van der Waals surface area contributed by atoms with Crippen LogP contribution in [0.4, 0.5) is 0 Å². The third-order valence-electron chi connectivity index (χ3n) is 4.20. The van der Waals surface area contributed by atoms with Gasteiger partial charge in [-0.05, 0) is 49.4 Å². The molecule has 8 heteroatoms. The maximum absolute atomic E-state index is 12.7. The van der Waals surface area contributed by atoms with Crippen LogP contribution in [0.3, 0.4) is 0 Å². The van der Waals surface area contributed by atoms with Gasteiger partial charge in [0.15, 0.2) is 11.5 Å². The second-order valence-electron chi connectivity index (χ2n) is 5.78. The minimum atomic E-state index is -3.62. The van der Waals surface area contributed by atoms with Gasteiger partial charge in [0.05, 0.1) is 25.2 Å². The summed E-state index contributed by atoms with van der Waals surface area (Å²) in [6, 6.07) is 11.1. The van der Waals surface area contributed by atoms with Crippen molar-refractivity contribution in [2.45, 2.75) is 24.3 Å². The molecule has 0 fully saturated rings. The Balaban J connectivity index is 2.27. The van der Waals surface area contributed by atoms with E-state index in [9.17, 15) is 13.2 Å². The van der Waals surface area contributed by atoms with E-state index in [1.54, 1.807) is 26.4 Å². The van der Waals surface area contributed by atoms with Crippen LogP contribution in [0.2, 0.25) is 0 Å². The van der Waals surface area contributed by atoms with E-state index >= 15 is 0 Å². The van der Waals surface area contributed by atoms with E-state index in [-0.39, 0.29) is 22.4 Å². The Morgan fingerprint density at radius 2 is 1.78 bits per heavy atom. The first-order valence-electron chi connectivity index (χ1n) is 8.42. The van der Waals surface area contributed by atoms with E-state index in [0.717, 1.165) is 5.56 Å².